The number of likely N-dealkylation sites (N-methyl/N-ethyl adjacent to an activating group) is 1. The largest absolute Gasteiger partial charge is 0.472 e. The monoisotopic (exact) mass is 1160 g/mol. The topological polar surface area (TPSA) is 105 Å². The van der Waals surface area contributed by atoms with E-state index in [9.17, 15) is 19.4 Å². The summed E-state index contributed by atoms with van der Waals surface area (Å²) in [5.74, 6) is -0.180. The number of hydrogen-bond acceptors (Lipinski definition) is 5. The molecule has 0 rings (SSSR count). The second-order valence-corrected chi connectivity index (χ2v) is 25.6. The number of quaternary nitrogens is 1. The Kier molecular flexibility index (Phi) is 60.5. The summed E-state index contributed by atoms with van der Waals surface area (Å²) < 4.78 is 23.8. The number of hydrogen-bond donors (Lipinski definition) is 3. The second-order valence-electron chi connectivity index (χ2n) is 24.2. The summed E-state index contributed by atoms with van der Waals surface area (Å²) in [6.07, 6.45) is 92.2. The second kappa shape index (κ2) is 62.7. The summed E-state index contributed by atoms with van der Waals surface area (Å²) >= 11 is 0. The molecule has 1 amide bonds. The van der Waals surface area contributed by atoms with Crippen molar-refractivity contribution in [2.24, 2.45) is 0 Å². The highest BCUT2D eigenvalue weighted by atomic mass is 31.2. The number of phosphoric acid groups is 1. The van der Waals surface area contributed by atoms with Gasteiger partial charge in [-0.3, -0.25) is 13.8 Å². The van der Waals surface area contributed by atoms with Crippen LogP contribution in [0.3, 0.4) is 0 Å². The summed E-state index contributed by atoms with van der Waals surface area (Å²) in [6.45, 7) is 4.72. The highest BCUT2D eigenvalue weighted by Crippen LogP contribution is 2.43. The van der Waals surface area contributed by atoms with Crippen LogP contribution in [0.2, 0.25) is 0 Å². The van der Waals surface area contributed by atoms with Gasteiger partial charge in [-0.25, -0.2) is 4.57 Å². The molecule has 0 saturated carbocycles. The van der Waals surface area contributed by atoms with Crippen molar-refractivity contribution in [3.8, 4) is 0 Å². The molecule has 9 heteroatoms. The van der Waals surface area contributed by atoms with Crippen LogP contribution in [0.25, 0.3) is 0 Å². The van der Waals surface area contributed by atoms with Gasteiger partial charge in [0.05, 0.1) is 39.9 Å². The molecule has 82 heavy (non-hydrogen) atoms. The van der Waals surface area contributed by atoms with Gasteiger partial charge >= 0.3 is 7.82 Å². The minimum atomic E-state index is -4.36. The van der Waals surface area contributed by atoms with Crippen LogP contribution >= 0.6 is 7.82 Å². The molecule has 0 fully saturated rings. The molecule has 3 atom stereocenters. The van der Waals surface area contributed by atoms with Crippen molar-refractivity contribution in [2.75, 3.05) is 40.9 Å². The van der Waals surface area contributed by atoms with Crippen molar-refractivity contribution in [1.29, 1.82) is 0 Å². The van der Waals surface area contributed by atoms with Crippen LogP contribution in [0.15, 0.2) is 109 Å². The maximum Gasteiger partial charge on any atom is 0.472 e. The van der Waals surface area contributed by atoms with Gasteiger partial charge in [0.2, 0.25) is 5.91 Å². The molecule has 0 heterocycles. The molecule has 8 nitrogen and oxygen atoms in total. The van der Waals surface area contributed by atoms with Crippen molar-refractivity contribution in [1.82, 2.24) is 5.32 Å². The molecule has 474 valence electrons. The minimum Gasteiger partial charge on any atom is -0.387 e. The van der Waals surface area contributed by atoms with Gasteiger partial charge < -0.3 is 19.8 Å². The zero-order chi connectivity index (χ0) is 59.8. The number of nitrogens with one attached hydrogen (secondary N) is 1. The SMILES string of the molecule is CC/C=C\C/C=C\C/C=C\C/C=C\C/C=C\C/C=C\C/C=C\C/C=C\CCCCCCCCCCCCCCC(=O)NC(COP(=O)(O)OCC[N+](C)(C)C)C(O)/C=C/CCCCCCCCCCCCCCCCCCCCCCC. The van der Waals surface area contributed by atoms with Gasteiger partial charge in [-0.1, -0.05) is 316 Å². The van der Waals surface area contributed by atoms with E-state index in [0.717, 1.165) is 89.9 Å². The van der Waals surface area contributed by atoms with E-state index in [4.69, 9.17) is 9.05 Å². The highest BCUT2D eigenvalue weighted by molar-refractivity contribution is 7.47. The minimum absolute atomic E-state index is 0.0576. The van der Waals surface area contributed by atoms with Crippen LogP contribution in [0.4, 0.5) is 0 Å². The van der Waals surface area contributed by atoms with Crippen LogP contribution in [0, 0.1) is 0 Å². The van der Waals surface area contributed by atoms with Crippen LogP contribution in [-0.2, 0) is 18.4 Å². The Hall–Kier alpha value is -2.84. The average molecular weight is 1160 g/mol. The number of carbonyl (C=O) groups excluding carboxylic acids is 1. The molecule has 3 N–H and O–H groups in total. The fourth-order valence-corrected chi connectivity index (χ4v) is 10.4. The summed E-state index contributed by atoms with van der Waals surface area (Å²) in [5.41, 5.74) is 0. The predicted molar refractivity (Wildman–Crippen MR) is 359 cm³/mol. The van der Waals surface area contributed by atoms with Crippen LogP contribution < -0.4 is 5.32 Å². The number of carbonyl (C=O) groups is 1. The molecule has 3 unspecified atom stereocenters. The first-order chi connectivity index (χ1) is 40.0. The number of nitrogens with zero attached hydrogens (tertiary/aromatic N) is 1. The Labute approximate surface area is 508 Å². The zero-order valence-electron chi connectivity index (χ0n) is 54.2. The summed E-state index contributed by atoms with van der Waals surface area (Å²) in [6, 6.07) is -0.855. The van der Waals surface area contributed by atoms with Crippen molar-refractivity contribution < 1.29 is 32.9 Å². The van der Waals surface area contributed by atoms with E-state index >= 15 is 0 Å². The third-order valence-corrected chi connectivity index (χ3v) is 16.0. The summed E-state index contributed by atoms with van der Waals surface area (Å²) in [4.78, 5) is 23.4. The van der Waals surface area contributed by atoms with E-state index in [1.165, 1.54) is 186 Å². The molecule has 0 spiro atoms. The molecule has 0 aliphatic carbocycles. The zero-order valence-corrected chi connectivity index (χ0v) is 55.1. The Morgan fingerprint density at radius 1 is 0.427 bits per heavy atom. The van der Waals surface area contributed by atoms with E-state index in [-0.39, 0.29) is 19.1 Å². The normalized spacial score (nSPS) is 14.4. The Balaban J connectivity index is 4.11. The maximum absolute atomic E-state index is 13.0. The number of phosphoric ester groups is 1. The van der Waals surface area contributed by atoms with Gasteiger partial charge in [0.1, 0.15) is 13.2 Å². The number of aliphatic hydroxyl groups is 1. The Bertz CT molecular complexity index is 1700. The van der Waals surface area contributed by atoms with Crippen LogP contribution in [-0.4, -0.2) is 73.4 Å². The molecule has 0 aliphatic rings. The van der Waals surface area contributed by atoms with Gasteiger partial charge in [0.25, 0.3) is 0 Å². The van der Waals surface area contributed by atoms with Crippen molar-refractivity contribution in [3.05, 3.63) is 109 Å². The number of amides is 1. The fourth-order valence-electron chi connectivity index (χ4n) is 9.71. The molecule has 0 radical (unpaired) electrons. The molecule has 0 saturated heterocycles. The first-order valence-corrected chi connectivity index (χ1v) is 35.8. The van der Waals surface area contributed by atoms with Crippen LogP contribution in [0.1, 0.15) is 296 Å². The quantitative estimate of drug-likeness (QED) is 0.0243. The van der Waals surface area contributed by atoms with Crippen molar-refractivity contribution >= 4 is 13.7 Å². The predicted octanol–water partition coefficient (Wildman–Crippen LogP) is 21.9. The lowest BCUT2D eigenvalue weighted by Crippen LogP contribution is -2.45. The first kappa shape index (κ1) is 79.2. The van der Waals surface area contributed by atoms with Gasteiger partial charge in [-0.15, -0.1) is 0 Å². The summed E-state index contributed by atoms with van der Waals surface area (Å²) in [5, 5.41) is 14.0. The van der Waals surface area contributed by atoms with Gasteiger partial charge in [-0.2, -0.15) is 0 Å². The lowest BCUT2D eigenvalue weighted by molar-refractivity contribution is -0.870. The smallest absolute Gasteiger partial charge is 0.387 e. The van der Waals surface area contributed by atoms with E-state index in [2.05, 4.69) is 116 Å². The van der Waals surface area contributed by atoms with Crippen LogP contribution in [0.5, 0.6) is 0 Å². The molecule has 0 bridgehead atoms. The molecule has 0 aromatic carbocycles. The number of aliphatic hydroxyl groups excluding tert-OH is 1. The standard InChI is InChI=1S/C73H131N2O6P/c1-6-8-10-12-14-16-18-20-22-24-26-28-30-31-32-33-34-35-36-37-38-39-40-41-42-43-45-47-49-51-53-55-57-59-61-63-65-67-73(77)74-71(70-81-82(78,79)80-69-68-75(3,4)5)72(76)66-64-62-60-58-56-54-52-50-48-46-44-29-27-25-23-21-19-17-15-13-11-9-7-2/h8,10,14,16,20,22,26,28,31-32,34-35,37-38,40-41,64,66,71-72,76H,6-7,9,11-13,15,17-19,21,23-25,27,29-30,33,36,39,42-63,65,67-70H2,1-5H3,(H-,74,77,78,79)/p+1/b10-8-,16-14-,22-20-,28-26-,32-31-,35-34-,38-37-,41-40-,66-64+. The van der Waals surface area contributed by atoms with E-state index in [1.807, 2.05) is 27.2 Å². The summed E-state index contributed by atoms with van der Waals surface area (Å²) in [7, 11) is 1.57. The van der Waals surface area contributed by atoms with Gasteiger partial charge in [-0.05, 0) is 83.5 Å². The van der Waals surface area contributed by atoms with Gasteiger partial charge in [0, 0.05) is 6.42 Å². The lowest BCUT2D eigenvalue weighted by atomic mass is 10.0. The van der Waals surface area contributed by atoms with E-state index < -0.39 is 20.0 Å². The lowest BCUT2D eigenvalue weighted by Gasteiger charge is -2.25. The number of allylic oxidation sites excluding steroid dienone is 17. The Morgan fingerprint density at radius 2 is 0.732 bits per heavy atom. The average Bonchev–Trinajstić information content (AvgIpc) is 3.47. The molecular formula is C73H132N2O6P+. The van der Waals surface area contributed by atoms with E-state index in [1.54, 1.807) is 6.08 Å². The molecule has 0 aliphatic heterocycles. The molecular weight excluding hydrogens is 1030 g/mol. The third-order valence-electron chi connectivity index (χ3n) is 15.0. The molecule has 0 aromatic heterocycles. The highest BCUT2D eigenvalue weighted by Gasteiger charge is 2.28. The van der Waals surface area contributed by atoms with Gasteiger partial charge in [0.15, 0.2) is 0 Å². The van der Waals surface area contributed by atoms with Crippen molar-refractivity contribution in [2.45, 2.75) is 309 Å². The van der Waals surface area contributed by atoms with E-state index in [0.29, 0.717) is 17.4 Å². The fraction of sp³-hybridized carbons (Fsp3) is 0.740. The number of unbranched alkanes of at least 4 members (excludes halogenated alkanes) is 33. The molecule has 0 aromatic rings. The first-order valence-electron chi connectivity index (χ1n) is 34.3. The third kappa shape index (κ3) is 64.7. The van der Waals surface area contributed by atoms with Crippen molar-refractivity contribution in [3.63, 3.8) is 0 Å². The Morgan fingerprint density at radius 3 is 1.07 bits per heavy atom. The maximum atomic E-state index is 13.0. The number of rotatable bonds is 62.